The lowest BCUT2D eigenvalue weighted by Crippen LogP contribution is -2.41. The molecule has 0 radical (unpaired) electrons. The number of anilines is 1. The summed E-state index contributed by atoms with van der Waals surface area (Å²) in [5.41, 5.74) is 2.81. The summed E-state index contributed by atoms with van der Waals surface area (Å²) in [6.07, 6.45) is -3.48. The number of carbonyl (C=O) groups excluding carboxylic acids is 3. The van der Waals surface area contributed by atoms with Crippen molar-refractivity contribution in [2.45, 2.75) is 52.0 Å². The van der Waals surface area contributed by atoms with Gasteiger partial charge in [0.2, 0.25) is 5.91 Å². The molecule has 1 N–H and O–H groups in total. The van der Waals surface area contributed by atoms with E-state index in [-0.39, 0.29) is 49.1 Å². The molecule has 228 valence electrons. The molecule has 2 amide bonds. The number of amides is 2. The molecule has 1 saturated heterocycles. The lowest BCUT2D eigenvalue weighted by atomic mass is 9.94. The molecule has 0 aromatic heterocycles. The molecule has 4 rings (SSSR count). The van der Waals surface area contributed by atoms with E-state index in [4.69, 9.17) is 9.47 Å². The number of esters is 1. The van der Waals surface area contributed by atoms with E-state index in [1.54, 1.807) is 48.2 Å². The molecule has 1 heterocycles. The van der Waals surface area contributed by atoms with Crippen molar-refractivity contribution in [1.82, 2.24) is 4.90 Å². The summed E-state index contributed by atoms with van der Waals surface area (Å²) in [6.45, 7) is 4.86. The van der Waals surface area contributed by atoms with Crippen molar-refractivity contribution >= 4 is 23.5 Å². The quantitative estimate of drug-likeness (QED) is 0.267. The van der Waals surface area contributed by atoms with Crippen LogP contribution in [0.2, 0.25) is 0 Å². The standard InChI is InChI=1S/C32H33F3N2O6/c1-3-41-29(39)15-14-28(38)37-18-16-24(17-19-37)42-26-8-5-7-23(20-26)36-31(40)27-9-4-6-21(2)30(27)22-10-12-25(13-11-22)43-32(33,34)35/h4-13,20,24H,3,14-19H2,1-2H3,(H,36,40). The number of hydrogen-bond donors (Lipinski definition) is 1. The zero-order valence-corrected chi connectivity index (χ0v) is 23.9. The van der Waals surface area contributed by atoms with Crippen LogP contribution >= 0.6 is 0 Å². The number of likely N-dealkylation sites (tertiary alicyclic amines) is 1. The average molecular weight is 599 g/mol. The number of carbonyl (C=O) groups is 3. The van der Waals surface area contributed by atoms with Crippen LogP contribution in [0.1, 0.15) is 48.5 Å². The zero-order valence-electron chi connectivity index (χ0n) is 23.9. The fraction of sp³-hybridized carbons (Fsp3) is 0.344. The van der Waals surface area contributed by atoms with Gasteiger partial charge >= 0.3 is 12.3 Å². The molecular weight excluding hydrogens is 565 g/mol. The highest BCUT2D eigenvalue weighted by Gasteiger charge is 2.31. The molecule has 3 aromatic carbocycles. The zero-order chi connectivity index (χ0) is 31.0. The molecule has 0 bridgehead atoms. The highest BCUT2D eigenvalue weighted by atomic mass is 19.4. The maximum absolute atomic E-state index is 13.4. The van der Waals surface area contributed by atoms with Crippen molar-refractivity contribution in [3.05, 3.63) is 77.9 Å². The molecule has 0 aliphatic carbocycles. The minimum atomic E-state index is -4.80. The van der Waals surface area contributed by atoms with Crippen LogP contribution in [0.25, 0.3) is 11.1 Å². The summed E-state index contributed by atoms with van der Waals surface area (Å²) in [5.74, 6) is -0.639. The van der Waals surface area contributed by atoms with Gasteiger partial charge in [-0.2, -0.15) is 0 Å². The third-order valence-corrected chi connectivity index (χ3v) is 6.93. The third kappa shape index (κ3) is 8.97. The number of aryl methyl sites for hydroxylation is 1. The van der Waals surface area contributed by atoms with Crippen molar-refractivity contribution in [3.8, 4) is 22.6 Å². The van der Waals surface area contributed by atoms with Gasteiger partial charge in [-0.15, -0.1) is 13.2 Å². The number of nitrogens with one attached hydrogen (secondary N) is 1. The van der Waals surface area contributed by atoms with Gasteiger partial charge in [-0.3, -0.25) is 14.4 Å². The van der Waals surface area contributed by atoms with Gasteiger partial charge in [0.1, 0.15) is 17.6 Å². The van der Waals surface area contributed by atoms with Gasteiger partial charge in [0.25, 0.3) is 5.91 Å². The molecule has 3 aromatic rings. The summed E-state index contributed by atoms with van der Waals surface area (Å²) in [7, 11) is 0. The first-order valence-corrected chi connectivity index (χ1v) is 14.0. The second-order valence-electron chi connectivity index (χ2n) is 10.1. The number of halogens is 3. The first kappa shape index (κ1) is 31.4. The van der Waals surface area contributed by atoms with Crippen LogP contribution in [-0.2, 0) is 14.3 Å². The van der Waals surface area contributed by atoms with Gasteiger partial charge in [0.05, 0.1) is 13.0 Å². The highest BCUT2D eigenvalue weighted by molar-refractivity contribution is 6.09. The molecular formula is C32H33F3N2O6. The number of rotatable bonds is 10. The number of benzene rings is 3. The Morgan fingerprint density at radius 3 is 2.30 bits per heavy atom. The smallest absolute Gasteiger partial charge is 0.490 e. The average Bonchev–Trinajstić information content (AvgIpc) is 2.96. The Kier molecular flexibility index (Phi) is 10.3. The van der Waals surface area contributed by atoms with Gasteiger partial charge in [-0.25, -0.2) is 0 Å². The number of ether oxygens (including phenoxy) is 3. The Bertz CT molecular complexity index is 1430. The molecule has 1 fully saturated rings. The largest absolute Gasteiger partial charge is 0.573 e. The van der Waals surface area contributed by atoms with E-state index in [2.05, 4.69) is 10.1 Å². The van der Waals surface area contributed by atoms with Gasteiger partial charge in [-0.05, 0) is 60.9 Å². The van der Waals surface area contributed by atoms with Crippen LogP contribution in [0.4, 0.5) is 18.9 Å². The van der Waals surface area contributed by atoms with Gasteiger partial charge in [-0.1, -0.05) is 30.3 Å². The predicted molar refractivity (Wildman–Crippen MR) is 154 cm³/mol. The molecule has 0 spiro atoms. The van der Waals surface area contributed by atoms with Crippen LogP contribution in [0.5, 0.6) is 11.5 Å². The molecule has 0 unspecified atom stereocenters. The molecule has 8 nitrogen and oxygen atoms in total. The van der Waals surface area contributed by atoms with Crippen LogP contribution in [-0.4, -0.2) is 54.8 Å². The second kappa shape index (κ2) is 14.1. The fourth-order valence-corrected chi connectivity index (χ4v) is 4.92. The van der Waals surface area contributed by atoms with E-state index < -0.39 is 6.36 Å². The van der Waals surface area contributed by atoms with Crippen molar-refractivity contribution in [3.63, 3.8) is 0 Å². The first-order valence-electron chi connectivity index (χ1n) is 14.0. The highest BCUT2D eigenvalue weighted by Crippen LogP contribution is 2.32. The first-order chi connectivity index (χ1) is 20.5. The summed E-state index contributed by atoms with van der Waals surface area (Å²) in [6, 6.07) is 17.6. The molecule has 11 heteroatoms. The number of alkyl halides is 3. The van der Waals surface area contributed by atoms with E-state index in [1.807, 2.05) is 13.0 Å². The van der Waals surface area contributed by atoms with Crippen molar-refractivity contribution in [1.29, 1.82) is 0 Å². The summed E-state index contributed by atoms with van der Waals surface area (Å²) in [5, 5.41) is 2.89. The minimum absolute atomic E-state index is 0.0643. The predicted octanol–water partition coefficient (Wildman–Crippen LogP) is 6.53. The monoisotopic (exact) mass is 598 g/mol. The SMILES string of the molecule is CCOC(=O)CCC(=O)N1CCC(Oc2cccc(NC(=O)c3cccc(C)c3-c3ccc(OC(F)(F)F)cc3)c2)CC1. The Balaban J connectivity index is 1.37. The molecule has 0 atom stereocenters. The molecule has 1 aliphatic rings. The number of nitrogens with zero attached hydrogens (tertiary/aromatic N) is 1. The van der Waals surface area contributed by atoms with Crippen molar-refractivity contribution in [2.24, 2.45) is 0 Å². The number of hydrogen-bond acceptors (Lipinski definition) is 6. The lowest BCUT2D eigenvalue weighted by molar-refractivity contribution is -0.274. The summed E-state index contributed by atoms with van der Waals surface area (Å²) in [4.78, 5) is 39.0. The summed E-state index contributed by atoms with van der Waals surface area (Å²) >= 11 is 0. The Morgan fingerprint density at radius 2 is 1.63 bits per heavy atom. The van der Waals surface area contributed by atoms with E-state index in [0.717, 1.165) is 5.56 Å². The Hall–Kier alpha value is -4.54. The third-order valence-electron chi connectivity index (χ3n) is 6.93. The van der Waals surface area contributed by atoms with E-state index >= 15 is 0 Å². The van der Waals surface area contributed by atoms with Gasteiger partial charge < -0.3 is 24.4 Å². The lowest BCUT2D eigenvalue weighted by Gasteiger charge is -2.32. The van der Waals surface area contributed by atoms with E-state index in [0.29, 0.717) is 54.1 Å². The van der Waals surface area contributed by atoms with Gasteiger partial charge in [0.15, 0.2) is 0 Å². The molecule has 43 heavy (non-hydrogen) atoms. The van der Waals surface area contributed by atoms with Crippen LogP contribution < -0.4 is 14.8 Å². The van der Waals surface area contributed by atoms with Crippen LogP contribution in [0.15, 0.2) is 66.7 Å². The maximum Gasteiger partial charge on any atom is 0.573 e. The normalized spacial score (nSPS) is 13.7. The molecule has 0 saturated carbocycles. The van der Waals surface area contributed by atoms with Crippen molar-refractivity contribution < 1.29 is 41.8 Å². The second-order valence-corrected chi connectivity index (χ2v) is 10.1. The van der Waals surface area contributed by atoms with E-state index in [9.17, 15) is 27.6 Å². The maximum atomic E-state index is 13.4. The van der Waals surface area contributed by atoms with Crippen LogP contribution in [0, 0.1) is 6.92 Å². The molecule has 1 aliphatic heterocycles. The van der Waals surface area contributed by atoms with E-state index in [1.165, 1.54) is 24.3 Å². The fourth-order valence-electron chi connectivity index (χ4n) is 4.92. The Morgan fingerprint density at radius 1 is 0.930 bits per heavy atom. The van der Waals surface area contributed by atoms with Gasteiger partial charge in [0, 0.05) is 49.7 Å². The summed E-state index contributed by atoms with van der Waals surface area (Å²) < 4.78 is 52.7. The van der Waals surface area contributed by atoms with Crippen LogP contribution in [0.3, 0.4) is 0 Å². The Labute approximate surface area is 247 Å². The van der Waals surface area contributed by atoms with Crippen molar-refractivity contribution in [2.75, 3.05) is 25.0 Å². The minimum Gasteiger partial charge on any atom is -0.490 e. The topological polar surface area (TPSA) is 94.2 Å². The number of piperidine rings is 1.